The Labute approximate surface area is 276 Å². The van der Waals surface area contributed by atoms with Gasteiger partial charge in [-0.1, -0.05) is 38.2 Å². The lowest BCUT2D eigenvalue weighted by Crippen LogP contribution is -2.50. The number of rotatable bonds is 11. The molecule has 0 radical (unpaired) electrons. The summed E-state index contributed by atoms with van der Waals surface area (Å²) in [7, 11) is 3.57. The minimum absolute atomic E-state index is 0.181. The molecule has 9 atom stereocenters. The fourth-order valence-electron chi connectivity index (χ4n) is 5.82. The lowest BCUT2D eigenvalue weighted by Gasteiger charge is -2.38. The maximum Gasteiger partial charge on any atom is 0.410 e. The summed E-state index contributed by atoms with van der Waals surface area (Å²) >= 11 is 0. The second kappa shape index (κ2) is 18.3. The van der Waals surface area contributed by atoms with Crippen molar-refractivity contribution in [2.24, 2.45) is 5.92 Å². The summed E-state index contributed by atoms with van der Waals surface area (Å²) in [5, 5.41) is 31.7. The molecule has 2 aliphatic rings. The van der Waals surface area contributed by atoms with Crippen molar-refractivity contribution in [3.05, 3.63) is 36.0 Å². The molecule has 2 heterocycles. The number of aliphatic hydroxyl groups is 3. The van der Waals surface area contributed by atoms with Crippen LogP contribution >= 0.6 is 0 Å². The van der Waals surface area contributed by atoms with Crippen LogP contribution in [-0.4, -0.2) is 125 Å². The zero-order valence-corrected chi connectivity index (χ0v) is 29.5. The summed E-state index contributed by atoms with van der Waals surface area (Å²) in [6, 6.07) is 0. The standard InChI is InChI=1S/C35H60N2O9/c1-10-29(39)27(5)44-26(4)23-34(6,42)16-11-12-24(2)32-25(3)13-14-30(45-33(41)37-20-18-36(8)19-21-37)35(7,43-9)17-15-28(38)22-31(40)46-32/h11-14,16,25-30,32,38-39,42H,10,15,17-23H2,1-9H3/b14-13+,16-11+,24-12+/t25-,26-,27+,28+,29-,30-,32+,34?,35+/m0/s1. The van der Waals surface area contributed by atoms with Gasteiger partial charge in [-0.25, -0.2) is 4.79 Å². The van der Waals surface area contributed by atoms with Crippen LogP contribution in [0.4, 0.5) is 4.79 Å². The second-order valence-electron chi connectivity index (χ2n) is 13.6. The number of carbonyl (C=O) groups excluding carboxylic acids is 2. The van der Waals surface area contributed by atoms with Gasteiger partial charge < -0.3 is 44.1 Å². The average Bonchev–Trinajstić information content (AvgIpc) is 2.99. The number of ether oxygens (including phenoxy) is 4. The Morgan fingerprint density at radius 2 is 1.89 bits per heavy atom. The molecule has 2 rings (SSSR count). The van der Waals surface area contributed by atoms with Gasteiger partial charge in [0.05, 0.1) is 36.4 Å². The van der Waals surface area contributed by atoms with Gasteiger partial charge in [0.1, 0.15) is 11.7 Å². The van der Waals surface area contributed by atoms with Gasteiger partial charge in [0.25, 0.3) is 0 Å². The van der Waals surface area contributed by atoms with E-state index in [-0.39, 0.29) is 31.0 Å². The van der Waals surface area contributed by atoms with Crippen LogP contribution in [0.1, 0.15) is 80.6 Å². The Balaban J connectivity index is 2.27. The number of allylic oxidation sites excluding steroid dienone is 2. The maximum absolute atomic E-state index is 13.2. The van der Waals surface area contributed by atoms with E-state index in [4.69, 9.17) is 18.9 Å². The van der Waals surface area contributed by atoms with Gasteiger partial charge >= 0.3 is 12.1 Å². The highest BCUT2D eigenvalue weighted by Gasteiger charge is 2.38. The molecule has 11 nitrogen and oxygen atoms in total. The lowest BCUT2D eigenvalue weighted by atomic mass is 9.88. The number of piperazine rings is 1. The number of likely N-dealkylation sites (N-methyl/N-ethyl adjacent to an activating group) is 1. The molecule has 0 aliphatic carbocycles. The van der Waals surface area contributed by atoms with Gasteiger partial charge in [0, 0.05) is 45.6 Å². The Morgan fingerprint density at radius 3 is 2.50 bits per heavy atom. The van der Waals surface area contributed by atoms with E-state index in [0.29, 0.717) is 32.4 Å². The number of methoxy groups -OCH3 is 1. The molecule has 1 amide bonds. The summed E-state index contributed by atoms with van der Waals surface area (Å²) in [6.45, 7) is 15.5. The topological polar surface area (TPSA) is 138 Å². The summed E-state index contributed by atoms with van der Waals surface area (Å²) in [5.41, 5.74) is -1.39. The predicted octanol–water partition coefficient (Wildman–Crippen LogP) is 4.00. The van der Waals surface area contributed by atoms with Crippen LogP contribution in [0.5, 0.6) is 0 Å². The maximum atomic E-state index is 13.2. The molecule has 46 heavy (non-hydrogen) atoms. The summed E-state index contributed by atoms with van der Waals surface area (Å²) in [5.74, 6) is -0.842. The molecule has 0 aromatic rings. The van der Waals surface area contributed by atoms with Crippen molar-refractivity contribution in [2.45, 2.75) is 128 Å². The zero-order chi connectivity index (χ0) is 34.7. The van der Waals surface area contributed by atoms with Gasteiger partial charge in [-0.05, 0) is 72.6 Å². The SMILES string of the molecule is CC[C@H](O)[C@@H](C)O[C@@H](C)CC(C)(O)/C=C/C=C(\C)[C@H]1OC(=O)C[C@H](O)CC[C@@](C)(OC)[C@@H](OC(=O)N2CCN(C)CC2)/C=C/[C@@H]1C. The molecule has 3 N–H and O–H groups in total. The van der Waals surface area contributed by atoms with E-state index in [1.165, 1.54) is 0 Å². The van der Waals surface area contributed by atoms with Gasteiger partial charge in [-0.15, -0.1) is 0 Å². The molecule has 264 valence electrons. The number of cyclic esters (lactones) is 1. The summed E-state index contributed by atoms with van der Waals surface area (Å²) < 4.78 is 23.7. The van der Waals surface area contributed by atoms with E-state index >= 15 is 0 Å². The number of aliphatic hydroxyl groups excluding tert-OH is 2. The number of esters is 1. The third-order valence-corrected chi connectivity index (χ3v) is 9.13. The van der Waals surface area contributed by atoms with Crippen LogP contribution in [-0.2, 0) is 23.7 Å². The normalized spacial score (nSPS) is 31.6. The molecule has 0 aromatic carbocycles. The van der Waals surface area contributed by atoms with Crippen molar-refractivity contribution in [2.75, 3.05) is 40.3 Å². The van der Waals surface area contributed by atoms with Crippen LogP contribution in [0.3, 0.4) is 0 Å². The molecule has 0 aromatic heterocycles. The molecule has 1 saturated heterocycles. The Kier molecular flexibility index (Phi) is 15.9. The highest BCUT2D eigenvalue weighted by atomic mass is 16.6. The summed E-state index contributed by atoms with van der Waals surface area (Å²) in [4.78, 5) is 29.9. The quantitative estimate of drug-likeness (QED) is 0.171. The number of hydrogen-bond acceptors (Lipinski definition) is 10. The van der Waals surface area contributed by atoms with Crippen LogP contribution in [0.25, 0.3) is 0 Å². The minimum Gasteiger partial charge on any atom is -0.457 e. The predicted molar refractivity (Wildman–Crippen MR) is 177 cm³/mol. The third kappa shape index (κ3) is 12.7. The van der Waals surface area contributed by atoms with E-state index in [2.05, 4.69) is 4.90 Å². The fourth-order valence-corrected chi connectivity index (χ4v) is 5.82. The van der Waals surface area contributed by atoms with Crippen molar-refractivity contribution in [1.29, 1.82) is 0 Å². The van der Waals surface area contributed by atoms with E-state index in [0.717, 1.165) is 18.7 Å². The van der Waals surface area contributed by atoms with E-state index in [1.807, 2.05) is 54.7 Å². The molecular formula is C35H60N2O9. The van der Waals surface area contributed by atoms with Gasteiger partial charge in [0.15, 0.2) is 6.10 Å². The first-order valence-electron chi connectivity index (χ1n) is 16.7. The highest BCUT2D eigenvalue weighted by Crippen LogP contribution is 2.30. The second-order valence-corrected chi connectivity index (χ2v) is 13.6. The lowest BCUT2D eigenvalue weighted by molar-refractivity contribution is -0.151. The molecule has 1 fully saturated rings. The largest absolute Gasteiger partial charge is 0.457 e. The Hall–Kier alpha value is -2.28. The van der Waals surface area contributed by atoms with Crippen LogP contribution < -0.4 is 0 Å². The van der Waals surface area contributed by atoms with E-state index in [1.54, 1.807) is 43.2 Å². The summed E-state index contributed by atoms with van der Waals surface area (Å²) in [6.07, 6.45) is 6.17. The third-order valence-electron chi connectivity index (χ3n) is 9.13. The first kappa shape index (κ1) is 39.9. The van der Waals surface area contributed by atoms with Crippen molar-refractivity contribution >= 4 is 12.1 Å². The zero-order valence-electron chi connectivity index (χ0n) is 29.5. The van der Waals surface area contributed by atoms with Crippen LogP contribution in [0.2, 0.25) is 0 Å². The van der Waals surface area contributed by atoms with Crippen molar-refractivity contribution in [1.82, 2.24) is 9.80 Å². The molecule has 2 aliphatic heterocycles. The number of carbonyl (C=O) groups is 2. The Bertz CT molecular complexity index is 1050. The van der Waals surface area contributed by atoms with Crippen molar-refractivity contribution in [3.63, 3.8) is 0 Å². The molecule has 0 spiro atoms. The molecule has 11 heteroatoms. The van der Waals surface area contributed by atoms with Gasteiger partial charge in [-0.2, -0.15) is 0 Å². The monoisotopic (exact) mass is 652 g/mol. The van der Waals surface area contributed by atoms with Gasteiger partial charge in [-0.3, -0.25) is 4.79 Å². The average molecular weight is 653 g/mol. The Morgan fingerprint density at radius 1 is 1.24 bits per heavy atom. The fraction of sp³-hybridized carbons (Fsp3) is 0.771. The molecule has 0 saturated carbocycles. The smallest absolute Gasteiger partial charge is 0.410 e. The van der Waals surface area contributed by atoms with E-state index in [9.17, 15) is 24.9 Å². The number of hydrogen-bond donors (Lipinski definition) is 3. The number of amides is 1. The number of nitrogens with zero attached hydrogens (tertiary/aromatic N) is 2. The van der Waals surface area contributed by atoms with Gasteiger partial charge in [0.2, 0.25) is 0 Å². The van der Waals surface area contributed by atoms with Crippen LogP contribution in [0, 0.1) is 5.92 Å². The first-order chi connectivity index (χ1) is 21.5. The van der Waals surface area contributed by atoms with Crippen LogP contribution in [0.15, 0.2) is 36.0 Å². The van der Waals surface area contributed by atoms with Crippen molar-refractivity contribution in [3.8, 4) is 0 Å². The molecule has 1 unspecified atom stereocenters. The molecular weight excluding hydrogens is 592 g/mol. The minimum atomic E-state index is -1.18. The van der Waals surface area contributed by atoms with Crippen molar-refractivity contribution < 1.29 is 43.9 Å². The first-order valence-corrected chi connectivity index (χ1v) is 16.7. The van der Waals surface area contributed by atoms with E-state index < -0.39 is 47.7 Å². The highest BCUT2D eigenvalue weighted by molar-refractivity contribution is 5.70. The molecule has 0 bridgehead atoms.